The first-order chi connectivity index (χ1) is 19.8. The van der Waals surface area contributed by atoms with Crippen LogP contribution in [0.4, 0.5) is 5.82 Å². The van der Waals surface area contributed by atoms with E-state index in [0.717, 1.165) is 0 Å². The topological polar surface area (TPSA) is 145 Å². The van der Waals surface area contributed by atoms with Crippen molar-refractivity contribution in [3.8, 4) is 0 Å². The van der Waals surface area contributed by atoms with Gasteiger partial charge in [-0.2, -0.15) is 9.97 Å². The number of aromatic nitrogens is 4. The van der Waals surface area contributed by atoms with Crippen LogP contribution >= 0.6 is 27.2 Å². The van der Waals surface area contributed by atoms with E-state index < -0.39 is 38.0 Å². The molecule has 16 heteroatoms. The third-order valence-electron chi connectivity index (χ3n) is 5.22. The molecule has 0 unspecified atom stereocenters. The van der Waals surface area contributed by atoms with E-state index >= 15 is 0 Å². The molecule has 0 aliphatic heterocycles. The van der Waals surface area contributed by atoms with Gasteiger partial charge in [0.25, 0.3) is 0 Å². The largest absolute Gasteiger partial charge is 0.475 e. The van der Waals surface area contributed by atoms with Crippen molar-refractivity contribution < 1.29 is 36.3 Å². The van der Waals surface area contributed by atoms with Crippen molar-refractivity contribution in [2.75, 3.05) is 25.6 Å². The normalized spacial score (nSPS) is 14.2. The van der Waals surface area contributed by atoms with Gasteiger partial charge < -0.3 is 9.88 Å². The molecule has 0 aromatic carbocycles. The van der Waals surface area contributed by atoms with Crippen LogP contribution in [-0.2, 0) is 42.8 Å². The Bertz CT molecular complexity index is 1230. The fourth-order valence-electron chi connectivity index (χ4n) is 3.98. The number of anilines is 1. The lowest BCUT2D eigenvalue weighted by Crippen LogP contribution is -2.25. The number of nitrogens with zero attached hydrogens (tertiary/aromatic N) is 4. The van der Waals surface area contributed by atoms with Gasteiger partial charge in [0.05, 0.1) is 41.9 Å². The highest BCUT2D eigenvalue weighted by Gasteiger charge is 2.39. The molecule has 0 aliphatic rings. The lowest BCUT2D eigenvalue weighted by Gasteiger charge is -2.31. The first-order valence-corrected chi connectivity index (χ1v) is 18.0. The van der Waals surface area contributed by atoms with Crippen LogP contribution in [0.1, 0.15) is 95.9 Å². The molecular formula is C28H52ClN5O8P2. The summed E-state index contributed by atoms with van der Waals surface area (Å²) in [5.74, 6) is 0.343. The Kier molecular flexibility index (Phi) is 13.1. The molecule has 0 fully saturated rings. The molecule has 0 saturated carbocycles. The monoisotopic (exact) mass is 683 g/mol. The molecule has 0 radical (unpaired) electrons. The molecule has 0 saturated heterocycles. The van der Waals surface area contributed by atoms with Gasteiger partial charge in [-0.15, -0.1) is 0 Å². The molecule has 2 rings (SSSR count). The second kappa shape index (κ2) is 14.7. The number of imidazole rings is 1. The Morgan fingerprint density at radius 1 is 0.773 bits per heavy atom. The Morgan fingerprint density at radius 2 is 1.18 bits per heavy atom. The zero-order valence-electron chi connectivity index (χ0n) is 28.5. The van der Waals surface area contributed by atoms with Crippen LogP contribution in [0.3, 0.4) is 0 Å². The maximum absolute atomic E-state index is 13.6. The molecule has 2 aromatic rings. The highest BCUT2D eigenvalue weighted by atomic mass is 35.5. The number of phosphoric acid groups is 2. The predicted octanol–water partition coefficient (Wildman–Crippen LogP) is 8.43. The summed E-state index contributed by atoms with van der Waals surface area (Å²) in [6.45, 7) is 21.9. The summed E-state index contributed by atoms with van der Waals surface area (Å²) in [6.07, 6.45) is 2.48. The minimum atomic E-state index is -3.93. The summed E-state index contributed by atoms with van der Waals surface area (Å²) < 4.78 is 63.8. The SMILES string of the molecule is CNc1nc(Cl)nc2c1ncn2CC(CCOP(=O)(OC(C)(C)C)OC(C)(C)C)CCOP(=O)(OC(C)(C)C)OC(C)(C)C. The molecule has 2 heterocycles. The van der Waals surface area contributed by atoms with Gasteiger partial charge in [0, 0.05) is 13.6 Å². The minimum Gasteiger partial charge on any atom is -0.371 e. The second-order valence-electron chi connectivity index (χ2n) is 14.5. The first kappa shape index (κ1) is 39.0. The van der Waals surface area contributed by atoms with Crippen LogP contribution in [0.5, 0.6) is 0 Å². The zero-order valence-corrected chi connectivity index (χ0v) is 31.1. The van der Waals surface area contributed by atoms with Gasteiger partial charge in [0.2, 0.25) is 5.28 Å². The van der Waals surface area contributed by atoms with Gasteiger partial charge >= 0.3 is 15.6 Å². The maximum Gasteiger partial charge on any atom is 0.475 e. The number of hydrogen-bond donors (Lipinski definition) is 1. The number of fused-ring (bicyclic) bond motifs is 1. The van der Waals surface area contributed by atoms with Gasteiger partial charge in [-0.25, -0.2) is 14.1 Å². The quantitative estimate of drug-likeness (QED) is 0.142. The van der Waals surface area contributed by atoms with E-state index in [1.54, 1.807) is 96.5 Å². The van der Waals surface area contributed by atoms with Gasteiger partial charge in [-0.05, 0) is 113 Å². The van der Waals surface area contributed by atoms with E-state index in [4.69, 9.17) is 38.7 Å². The molecule has 44 heavy (non-hydrogen) atoms. The molecular weight excluding hydrogens is 632 g/mol. The lowest BCUT2D eigenvalue weighted by atomic mass is 10.0. The van der Waals surface area contributed by atoms with E-state index in [9.17, 15) is 9.13 Å². The molecule has 0 atom stereocenters. The highest BCUT2D eigenvalue weighted by molar-refractivity contribution is 7.48. The lowest BCUT2D eigenvalue weighted by molar-refractivity contribution is 0.000247. The average molecular weight is 684 g/mol. The van der Waals surface area contributed by atoms with E-state index in [1.807, 2.05) is 4.57 Å². The van der Waals surface area contributed by atoms with E-state index in [1.165, 1.54) is 0 Å². The second-order valence-corrected chi connectivity index (χ2v) is 17.9. The number of nitrogens with one attached hydrogen (secondary N) is 1. The summed E-state index contributed by atoms with van der Waals surface area (Å²) in [6, 6.07) is 0. The summed E-state index contributed by atoms with van der Waals surface area (Å²) in [4.78, 5) is 13.0. The summed E-state index contributed by atoms with van der Waals surface area (Å²) in [5, 5.41) is 3.06. The standard InChI is InChI=1S/C28H52ClN5O8P2/c1-25(2,3)39-43(35,40-26(4,5)6)37-16-14-20(15-17-38-44(36,41-27(7,8)9)42-28(10,11)12)18-34-19-31-21-22(30-13)32-24(29)33-23(21)34/h19-20H,14-18H2,1-13H3,(H,30,32,33). The van der Waals surface area contributed by atoms with Crippen molar-refractivity contribution in [1.82, 2.24) is 19.5 Å². The maximum atomic E-state index is 13.6. The van der Waals surface area contributed by atoms with Crippen LogP contribution in [0.15, 0.2) is 6.33 Å². The molecule has 0 spiro atoms. The fourth-order valence-corrected chi connectivity index (χ4v) is 7.77. The smallest absolute Gasteiger partial charge is 0.371 e. The molecule has 0 amide bonds. The third-order valence-corrected chi connectivity index (χ3v) is 9.47. The van der Waals surface area contributed by atoms with Crippen molar-refractivity contribution in [2.24, 2.45) is 5.92 Å². The average Bonchev–Trinajstić information content (AvgIpc) is 3.15. The van der Waals surface area contributed by atoms with Crippen molar-refractivity contribution in [3.63, 3.8) is 0 Å². The van der Waals surface area contributed by atoms with Crippen LogP contribution in [0, 0.1) is 5.92 Å². The Balaban J connectivity index is 2.32. The Morgan fingerprint density at radius 3 is 1.55 bits per heavy atom. The predicted molar refractivity (Wildman–Crippen MR) is 173 cm³/mol. The Hall–Kier alpha value is -1.14. The van der Waals surface area contributed by atoms with E-state index in [2.05, 4.69) is 20.3 Å². The number of rotatable bonds is 15. The summed E-state index contributed by atoms with van der Waals surface area (Å²) >= 11 is 6.19. The fraction of sp³-hybridized carbons (Fsp3) is 0.821. The first-order valence-electron chi connectivity index (χ1n) is 14.7. The van der Waals surface area contributed by atoms with Gasteiger partial charge in [0.15, 0.2) is 17.0 Å². The van der Waals surface area contributed by atoms with Crippen molar-refractivity contribution >= 4 is 44.2 Å². The molecule has 1 N–H and O–H groups in total. The summed E-state index contributed by atoms with van der Waals surface area (Å²) in [5.41, 5.74) is -1.98. The number of phosphoric ester groups is 2. The molecule has 0 aliphatic carbocycles. The number of hydrogen-bond acceptors (Lipinski definition) is 12. The third kappa shape index (κ3) is 14.1. The van der Waals surface area contributed by atoms with Gasteiger partial charge in [0.1, 0.15) is 0 Å². The summed E-state index contributed by atoms with van der Waals surface area (Å²) in [7, 11) is -6.13. The minimum absolute atomic E-state index is 0.0485. The van der Waals surface area contributed by atoms with E-state index in [-0.39, 0.29) is 24.4 Å². The van der Waals surface area contributed by atoms with Crippen LogP contribution in [0.25, 0.3) is 11.2 Å². The van der Waals surface area contributed by atoms with Crippen LogP contribution in [0.2, 0.25) is 5.28 Å². The van der Waals surface area contributed by atoms with Crippen molar-refractivity contribution in [1.29, 1.82) is 0 Å². The molecule has 254 valence electrons. The zero-order chi connectivity index (χ0) is 33.8. The van der Waals surface area contributed by atoms with Crippen LogP contribution < -0.4 is 5.32 Å². The Labute approximate surface area is 267 Å². The molecule has 13 nitrogen and oxygen atoms in total. The van der Waals surface area contributed by atoms with Gasteiger partial charge in [-0.1, -0.05) is 0 Å². The van der Waals surface area contributed by atoms with E-state index in [0.29, 0.717) is 36.4 Å². The van der Waals surface area contributed by atoms with Gasteiger partial charge in [-0.3, -0.25) is 27.1 Å². The number of halogens is 1. The van der Waals surface area contributed by atoms with Crippen LogP contribution in [-0.4, -0.2) is 62.2 Å². The van der Waals surface area contributed by atoms with Crippen molar-refractivity contribution in [3.05, 3.63) is 11.6 Å². The molecule has 2 aromatic heterocycles. The highest BCUT2D eigenvalue weighted by Crippen LogP contribution is 2.56. The van der Waals surface area contributed by atoms with Crippen molar-refractivity contribution in [2.45, 2.75) is 125 Å². The molecule has 0 bridgehead atoms.